The Kier molecular flexibility index (Phi) is 6.91. The molecule has 2 aromatic carbocycles. The number of benzene rings is 2. The summed E-state index contributed by atoms with van der Waals surface area (Å²) in [5, 5.41) is 0. The maximum atomic E-state index is 12.9. The molecule has 0 fully saturated rings. The van der Waals surface area contributed by atoms with Gasteiger partial charge in [-0.25, -0.2) is 0 Å². The first-order valence-corrected chi connectivity index (χ1v) is 10.4. The quantitative estimate of drug-likeness (QED) is 0.485. The minimum absolute atomic E-state index is 0.0628. The van der Waals surface area contributed by atoms with Crippen LogP contribution in [-0.2, 0) is 9.59 Å². The highest BCUT2D eigenvalue weighted by Gasteiger charge is 2.30. The molecule has 0 aliphatic carbocycles. The van der Waals surface area contributed by atoms with Gasteiger partial charge in [0.05, 0.1) is 23.9 Å². The van der Waals surface area contributed by atoms with Gasteiger partial charge in [0.2, 0.25) is 12.3 Å². The summed E-state index contributed by atoms with van der Waals surface area (Å²) in [4.78, 5) is 27.9. The van der Waals surface area contributed by atoms with E-state index in [-0.39, 0.29) is 11.8 Å². The highest BCUT2D eigenvalue weighted by molar-refractivity contribution is 6.02. The van der Waals surface area contributed by atoms with E-state index in [9.17, 15) is 9.59 Å². The van der Waals surface area contributed by atoms with Gasteiger partial charge in [-0.3, -0.25) is 9.59 Å². The van der Waals surface area contributed by atoms with Crippen LogP contribution in [0, 0.1) is 5.92 Å². The maximum Gasteiger partial charge on any atom is 0.231 e. The molecule has 1 aliphatic heterocycles. The van der Waals surface area contributed by atoms with E-state index in [0.717, 1.165) is 36.4 Å². The summed E-state index contributed by atoms with van der Waals surface area (Å²) in [6, 6.07) is 15.8. The molecule has 0 spiro atoms. The van der Waals surface area contributed by atoms with Crippen molar-refractivity contribution >= 4 is 23.7 Å². The number of amides is 2. The lowest BCUT2D eigenvalue weighted by atomic mass is 10.0. The first-order valence-electron chi connectivity index (χ1n) is 10.4. The number of carbonyl (C=O) groups is 2. The number of rotatable bonds is 8. The summed E-state index contributed by atoms with van der Waals surface area (Å²) in [6.45, 7) is 7.84. The van der Waals surface area contributed by atoms with Crippen molar-refractivity contribution in [2.45, 2.75) is 39.5 Å². The molecule has 29 heavy (non-hydrogen) atoms. The molecule has 0 radical (unpaired) electrons. The normalized spacial score (nSPS) is 16.6. The summed E-state index contributed by atoms with van der Waals surface area (Å²) >= 11 is 0. The Bertz CT molecular complexity index is 850. The molecule has 0 saturated carbocycles. The third kappa shape index (κ3) is 4.78. The van der Waals surface area contributed by atoms with E-state index in [1.54, 1.807) is 4.90 Å². The van der Waals surface area contributed by atoms with Gasteiger partial charge in [-0.05, 0) is 42.5 Å². The Morgan fingerprint density at radius 1 is 1.07 bits per heavy atom. The Hall–Kier alpha value is -2.82. The van der Waals surface area contributed by atoms with Crippen LogP contribution in [0.25, 0.3) is 0 Å². The number of carbonyl (C=O) groups excluding carboxylic acids is 2. The molecule has 0 saturated heterocycles. The number of hydrogen-bond donors (Lipinski definition) is 0. The van der Waals surface area contributed by atoms with Crippen molar-refractivity contribution < 1.29 is 14.3 Å². The Balaban J connectivity index is 1.62. The molecule has 3 rings (SSSR count). The molecule has 154 valence electrons. The topological polar surface area (TPSA) is 49.9 Å². The van der Waals surface area contributed by atoms with Crippen molar-refractivity contribution in [1.82, 2.24) is 0 Å². The standard InChI is InChI=1S/C24H30N2O3/c1-18(2)20-10-4-7-13-23(20)29-15-9-8-14-26-22-12-6-5-11-21(22)25(17-27)16-19(3)24(26)28/h4-7,10-13,17-19H,8-9,14-16H2,1-3H3. The summed E-state index contributed by atoms with van der Waals surface area (Å²) in [6.07, 6.45) is 2.49. The van der Waals surface area contributed by atoms with Crippen molar-refractivity contribution in [2.75, 3.05) is 29.5 Å². The van der Waals surface area contributed by atoms with Crippen molar-refractivity contribution in [3.05, 3.63) is 54.1 Å². The van der Waals surface area contributed by atoms with Gasteiger partial charge in [0.1, 0.15) is 5.75 Å². The predicted molar refractivity (Wildman–Crippen MR) is 117 cm³/mol. The fraction of sp³-hybridized carbons (Fsp3) is 0.417. The van der Waals surface area contributed by atoms with Gasteiger partial charge in [-0.1, -0.05) is 51.1 Å². The minimum atomic E-state index is -0.234. The van der Waals surface area contributed by atoms with Crippen LogP contribution in [0.1, 0.15) is 45.1 Å². The zero-order chi connectivity index (χ0) is 20.8. The Labute approximate surface area is 173 Å². The van der Waals surface area contributed by atoms with Crippen molar-refractivity contribution in [2.24, 2.45) is 5.92 Å². The first kappa shape index (κ1) is 20.9. The van der Waals surface area contributed by atoms with Gasteiger partial charge in [-0.2, -0.15) is 0 Å². The molecule has 5 nitrogen and oxygen atoms in total. The zero-order valence-electron chi connectivity index (χ0n) is 17.5. The molecule has 0 aromatic heterocycles. The first-order chi connectivity index (χ1) is 14.0. The number of para-hydroxylation sites is 3. The van der Waals surface area contributed by atoms with Crippen LogP contribution in [-0.4, -0.2) is 32.0 Å². The lowest BCUT2D eigenvalue weighted by Gasteiger charge is -2.24. The second kappa shape index (κ2) is 9.59. The van der Waals surface area contributed by atoms with Gasteiger partial charge < -0.3 is 14.5 Å². The van der Waals surface area contributed by atoms with Gasteiger partial charge in [0.15, 0.2) is 0 Å². The number of fused-ring (bicyclic) bond motifs is 1. The highest BCUT2D eigenvalue weighted by atomic mass is 16.5. The SMILES string of the molecule is CC1CN(C=O)c2ccccc2N(CCCCOc2ccccc2C(C)C)C1=O. The number of nitrogens with zero attached hydrogens (tertiary/aromatic N) is 2. The zero-order valence-corrected chi connectivity index (χ0v) is 17.5. The number of ether oxygens (including phenoxy) is 1. The smallest absolute Gasteiger partial charge is 0.231 e. The molecule has 1 aliphatic rings. The Morgan fingerprint density at radius 3 is 2.48 bits per heavy atom. The number of unbranched alkanes of at least 4 members (excludes halogenated alkanes) is 1. The fourth-order valence-electron chi connectivity index (χ4n) is 3.77. The minimum Gasteiger partial charge on any atom is -0.493 e. The van der Waals surface area contributed by atoms with E-state index in [2.05, 4.69) is 19.9 Å². The molecule has 1 unspecified atom stereocenters. The second-order valence-corrected chi connectivity index (χ2v) is 7.89. The summed E-state index contributed by atoms with van der Waals surface area (Å²) in [7, 11) is 0. The molecule has 2 amide bonds. The Morgan fingerprint density at radius 2 is 1.76 bits per heavy atom. The second-order valence-electron chi connectivity index (χ2n) is 7.89. The van der Waals surface area contributed by atoms with Gasteiger partial charge >= 0.3 is 0 Å². The average Bonchev–Trinajstić information content (AvgIpc) is 2.83. The predicted octanol–water partition coefficient (Wildman–Crippen LogP) is 4.61. The van der Waals surface area contributed by atoms with Crippen molar-refractivity contribution in [1.29, 1.82) is 0 Å². The molecular formula is C24H30N2O3. The lowest BCUT2D eigenvalue weighted by molar-refractivity contribution is -0.121. The third-order valence-corrected chi connectivity index (χ3v) is 5.34. The summed E-state index contributed by atoms with van der Waals surface area (Å²) in [5.41, 5.74) is 2.81. The van der Waals surface area contributed by atoms with E-state index in [1.165, 1.54) is 5.56 Å². The third-order valence-electron chi connectivity index (χ3n) is 5.34. The van der Waals surface area contributed by atoms with Crippen molar-refractivity contribution in [3.8, 4) is 5.75 Å². The van der Waals surface area contributed by atoms with E-state index < -0.39 is 0 Å². The summed E-state index contributed by atoms with van der Waals surface area (Å²) < 4.78 is 6.01. The van der Waals surface area contributed by atoms with Crippen LogP contribution in [0.2, 0.25) is 0 Å². The van der Waals surface area contributed by atoms with Crippen LogP contribution in [0.5, 0.6) is 5.75 Å². The van der Waals surface area contributed by atoms with Gasteiger partial charge in [0, 0.05) is 13.1 Å². The monoisotopic (exact) mass is 394 g/mol. The number of anilines is 2. The maximum absolute atomic E-state index is 12.9. The summed E-state index contributed by atoms with van der Waals surface area (Å²) in [5.74, 6) is 1.18. The van der Waals surface area contributed by atoms with Crippen LogP contribution >= 0.6 is 0 Å². The molecular weight excluding hydrogens is 364 g/mol. The largest absolute Gasteiger partial charge is 0.493 e. The van der Waals surface area contributed by atoms with E-state index in [4.69, 9.17) is 4.74 Å². The molecule has 0 N–H and O–H groups in total. The molecule has 2 aromatic rings. The lowest BCUT2D eigenvalue weighted by Crippen LogP contribution is -2.37. The van der Waals surface area contributed by atoms with Gasteiger partial charge in [-0.15, -0.1) is 0 Å². The van der Waals surface area contributed by atoms with E-state index in [1.807, 2.05) is 54.3 Å². The average molecular weight is 395 g/mol. The van der Waals surface area contributed by atoms with Crippen LogP contribution in [0.15, 0.2) is 48.5 Å². The van der Waals surface area contributed by atoms with Crippen LogP contribution in [0.3, 0.4) is 0 Å². The highest BCUT2D eigenvalue weighted by Crippen LogP contribution is 2.33. The van der Waals surface area contributed by atoms with Crippen molar-refractivity contribution in [3.63, 3.8) is 0 Å². The molecule has 5 heteroatoms. The van der Waals surface area contributed by atoms with Gasteiger partial charge in [0.25, 0.3) is 0 Å². The number of hydrogen-bond acceptors (Lipinski definition) is 3. The van der Waals surface area contributed by atoms with Crippen LogP contribution < -0.4 is 14.5 Å². The molecule has 1 heterocycles. The molecule has 0 bridgehead atoms. The fourth-order valence-corrected chi connectivity index (χ4v) is 3.77. The van der Waals surface area contributed by atoms with E-state index in [0.29, 0.717) is 25.6 Å². The van der Waals surface area contributed by atoms with Crippen LogP contribution in [0.4, 0.5) is 11.4 Å². The molecule has 1 atom stereocenters. The van der Waals surface area contributed by atoms with E-state index >= 15 is 0 Å².